The zero-order chi connectivity index (χ0) is 15.2. The summed E-state index contributed by atoms with van der Waals surface area (Å²) in [5.41, 5.74) is 2.61. The number of nitrogens with one attached hydrogen (secondary N) is 1. The van der Waals surface area contributed by atoms with Crippen LogP contribution in [0.3, 0.4) is 0 Å². The summed E-state index contributed by atoms with van der Waals surface area (Å²) in [4.78, 5) is 14.4. The quantitative estimate of drug-likeness (QED) is 0.861. The molecule has 110 valence electrons. The number of rotatable bonds is 5. The van der Waals surface area contributed by atoms with E-state index in [1.54, 1.807) is 12.1 Å². The summed E-state index contributed by atoms with van der Waals surface area (Å²) < 4.78 is 0.895. The van der Waals surface area contributed by atoms with Gasteiger partial charge in [-0.05, 0) is 56.3 Å². The van der Waals surface area contributed by atoms with Crippen LogP contribution >= 0.6 is 15.9 Å². The molecule has 0 atom stereocenters. The fraction of sp³-hybridized carbons (Fsp3) is 0.235. The molecular formula is C17H19BrN2O. The summed E-state index contributed by atoms with van der Waals surface area (Å²) in [6.45, 7) is 6.21. The van der Waals surface area contributed by atoms with Gasteiger partial charge in [0.05, 0.1) is 0 Å². The van der Waals surface area contributed by atoms with Gasteiger partial charge in [-0.1, -0.05) is 22.0 Å². The lowest BCUT2D eigenvalue weighted by atomic mass is 10.2. The van der Waals surface area contributed by atoms with E-state index in [0.717, 1.165) is 23.2 Å². The highest BCUT2D eigenvalue weighted by molar-refractivity contribution is 9.10. The lowest BCUT2D eigenvalue weighted by molar-refractivity contribution is 0.102. The second kappa shape index (κ2) is 7.27. The van der Waals surface area contributed by atoms with E-state index in [1.165, 1.54) is 5.69 Å². The first-order chi connectivity index (χ1) is 10.1. The van der Waals surface area contributed by atoms with Crippen LogP contribution in [-0.4, -0.2) is 19.0 Å². The number of hydrogen-bond donors (Lipinski definition) is 1. The SMILES string of the molecule is CCN(CC)c1ccc(NC(=O)c2cccc(Br)c2)cc1. The smallest absolute Gasteiger partial charge is 0.255 e. The Kier molecular flexibility index (Phi) is 5.39. The molecule has 0 saturated heterocycles. The molecule has 0 aliphatic heterocycles. The maximum Gasteiger partial charge on any atom is 0.255 e. The Morgan fingerprint density at radius 1 is 1.10 bits per heavy atom. The van der Waals surface area contributed by atoms with Crippen LogP contribution in [-0.2, 0) is 0 Å². The third-order valence-electron chi connectivity index (χ3n) is 3.34. The Labute approximate surface area is 134 Å². The van der Waals surface area contributed by atoms with Crippen LogP contribution in [0, 0.1) is 0 Å². The van der Waals surface area contributed by atoms with Gasteiger partial charge in [0.25, 0.3) is 5.91 Å². The van der Waals surface area contributed by atoms with Crippen LogP contribution in [0.15, 0.2) is 53.0 Å². The number of hydrogen-bond acceptors (Lipinski definition) is 2. The molecule has 0 aliphatic rings. The summed E-state index contributed by atoms with van der Waals surface area (Å²) in [7, 11) is 0. The number of amides is 1. The fourth-order valence-corrected chi connectivity index (χ4v) is 2.58. The molecule has 2 aromatic carbocycles. The van der Waals surface area contributed by atoms with Gasteiger partial charge in [0.2, 0.25) is 0 Å². The molecule has 21 heavy (non-hydrogen) atoms. The van der Waals surface area contributed by atoms with Gasteiger partial charge in [0, 0.05) is 34.5 Å². The third-order valence-corrected chi connectivity index (χ3v) is 3.83. The first-order valence-corrected chi connectivity index (χ1v) is 7.85. The molecular weight excluding hydrogens is 328 g/mol. The first-order valence-electron chi connectivity index (χ1n) is 7.06. The van der Waals surface area contributed by atoms with Crippen LogP contribution in [0.5, 0.6) is 0 Å². The Morgan fingerprint density at radius 3 is 2.33 bits per heavy atom. The molecule has 2 aromatic rings. The maximum atomic E-state index is 12.2. The van der Waals surface area contributed by atoms with E-state index in [2.05, 4.69) is 40.0 Å². The van der Waals surface area contributed by atoms with E-state index in [9.17, 15) is 4.79 Å². The minimum atomic E-state index is -0.105. The van der Waals surface area contributed by atoms with Crippen molar-refractivity contribution in [3.63, 3.8) is 0 Å². The molecule has 0 spiro atoms. The summed E-state index contributed by atoms with van der Waals surface area (Å²) in [5, 5.41) is 2.91. The van der Waals surface area contributed by atoms with E-state index >= 15 is 0 Å². The predicted octanol–water partition coefficient (Wildman–Crippen LogP) is 4.55. The Balaban J connectivity index is 2.08. The predicted molar refractivity (Wildman–Crippen MR) is 92.1 cm³/mol. The molecule has 0 bridgehead atoms. The normalized spacial score (nSPS) is 10.2. The average molecular weight is 347 g/mol. The Bertz CT molecular complexity index is 606. The van der Waals surface area contributed by atoms with Crippen molar-refractivity contribution >= 4 is 33.2 Å². The van der Waals surface area contributed by atoms with Gasteiger partial charge in [-0.2, -0.15) is 0 Å². The van der Waals surface area contributed by atoms with E-state index in [4.69, 9.17) is 0 Å². The van der Waals surface area contributed by atoms with Gasteiger partial charge in [0.1, 0.15) is 0 Å². The molecule has 1 N–H and O–H groups in total. The van der Waals surface area contributed by atoms with Crippen molar-refractivity contribution < 1.29 is 4.79 Å². The van der Waals surface area contributed by atoms with Crippen LogP contribution in [0.4, 0.5) is 11.4 Å². The fourth-order valence-electron chi connectivity index (χ4n) is 2.18. The van der Waals surface area contributed by atoms with E-state index < -0.39 is 0 Å². The molecule has 2 rings (SSSR count). The van der Waals surface area contributed by atoms with E-state index in [1.807, 2.05) is 36.4 Å². The zero-order valence-electron chi connectivity index (χ0n) is 12.3. The maximum absolute atomic E-state index is 12.2. The van der Waals surface area contributed by atoms with E-state index in [-0.39, 0.29) is 5.91 Å². The Morgan fingerprint density at radius 2 is 1.76 bits per heavy atom. The van der Waals surface area contributed by atoms with Crippen molar-refractivity contribution in [1.82, 2.24) is 0 Å². The largest absolute Gasteiger partial charge is 0.372 e. The second-order valence-corrected chi connectivity index (χ2v) is 5.60. The molecule has 0 radical (unpaired) electrons. The molecule has 0 saturated carbocycles. The van der Waals surface area contributed by atoms with Crippen LogP contribution < -0.4 is 10.2 Å². The van der Waals surface area contributed by atoms with Gasteiger partial charge >= 0.3 is 0 Å². The lowest BCUT2D eigenvalue weighted by Crippen LogP contribution is -2.21. The monoisotopic (exact) mass is 346 g/mol. The third kappa shape index (κ3) is 4.08. The summed E-state index contributed by atoms with van der Waals surface area (Å²) in [5.74, 6) is -0.105. The van der Waals surface area contributed by atoms with Crippen molar-refractivity contribution in [2.75, 3.05) is 23.3 Å². The molecule has 0 fully saturated rings. The molecule has 1 amide bonds. The summed E-state index contributed by atoms with van der Waals surface area (Å²) >= 11 is 3.37. The van der Waals surface area contributed by atoms with Gasteiger partial charge in [-0.3, -0.25) is 4.79 Å². The van der Waals surface area contributed by atoms with Crippen LogP contribution in [0.25, 0.3) is 0 Å². The summed E-state index contributed by atoms with van der Waals surface area (Å²) in [6.07, 6.45) is 0. The van der Waals surface area contributed by atoms with Crippen LogP contribution in [0.1, 0.15) is 24.2 Å². The molecule has 4 heteroatoms. The van der Waals surface area contributed by atoms with Gasteiger partial charge < -0.3 is 10.2 Å². The van der Waals surface area contributed by atoms with E-state index in [0.29, 0.717) is 5.56 Å². The minimum absolute atomic E-state index is 0.105. The number of carbonyl (C=O) groups excluding carboxylic acids is 1. The van der Waals surface area contributed by atoms with Crippen molar-refractivity contribution in [1.29, 1.82) is 0 Å². The lowest BCUT2D eigenvalue weighted by Gasteiger charge is -2.21. The van der Waals surface area contributed by atoms with Crippen molar-refractivity contribution in [3.05, 3.63) is 58.6 Å². The zero-order valence-corrected chi connectivity index (χ0v) is 13.9. The standard InChI is InChI=1S/C17H19BrN2O/c1-3-20(4-2)16-10-8-15(9-11-16)19-17(21)13-6-5-7-14(18)12-13/h5-12H,3-4H2,1-2H3,(H,19,21). The second-order valence-electron chi connectivity index (χ2n) is 4.68. The van der Waals surface area contributed by atoms with Gasteiger partial charge in [-0.15, -0.1) is 0 Å². The van der Waals surface area contributed by atoms with Crippen molar-refractivity contribution in [2.45, 2.75) is 13.8 Å². The van der Waals surface area contributed by atoms with Crippen LogP contribution in [0.2, 0.25) is 0 Å². The van der Waals surface area contributed by atoms with Crippen molar-refractivity contribution in [3.8, 4) is 0 Å². The topological polar surface area (TPSA) is 32.3 Å². The molecule has 0 aromatic heterocycles. The number of anilines is 2. The highest BCUT2D eigenvalue weighted by Crippen LogP contribution is 2.19. The minimum Gasteiger partial charge on any atom is -0.372 e. The highest BCUT2D eigenvalue weighted by atomic mass is 79.9. The molecule has 0 unspecified atom stereocenters. The molecule has 0 aliphatic carbocycles. The van der Waals surface area contributed by atoms with Crippen molar-refractivity contribution in [2.24, 2.45) is 0 Å². The number of halogens is 1. The average Bonchev–Trinajstić information content (AvgIpc) is 2.50. The molecule has 0 heterocycles. The summed E-state index contributed by atoms with van der Waals surface area (Å²) in [6, 6.07) is 15.3. The molecule has 3 nitrogen and oxygen atoms in total. The highest BCUT2D eigenvalue weighted by Gasteiger charge is 2.07. The van der Waals surface area contributed by atoms with Gasteiger partial charge in [-0.25, -0.2) is 0 Å². The first kappa shape index (κ1) is 15.6. The number of nitrogens with zero attached hydrogens (tertiary/aromatic N) is 1. The number of benzene rings is 2. The number of carbonyl (C=O) groups is 1. The van der Waals surface area contributed by atoms with Gasteiger partial charge in [0.15, 0.2) is 0 Å². The Hall–Kier alpha value is -1.81.